The number of fused-ring (bicyclic) bond motifs is 1. The summed E-state index contributed by atoms with van der Waals surface area (Å²) in [6.07, 6.45) is 2.61. The standard InChI is InChI=1S/C27H28N2O/c30-26-19-23-13-7-8-14-24(23)20-29(26)25-15-17-28(18-16-25)27(21-9-3-1-4-10-21)22-11-5-2-6-12-22/h1-14,25,27H,15-20H2. The predicted octanol–water partition coefficient (Wildman–Crippen LogP) is 4.83. The molecule has 30 heavy (non-hydrogen) atoms. The van der Waals surface area contributed by atoms with Gasteiger partial charge in [0.2, 0.25) is 5.91 Å². The van der Waals surface area contributed by atoms with E-state index >= 15 is 0 Å². The number of nitrogens with zero attached hydrogens (tertiary/aromatic N) is 2. The summed E-state index contributed by atoms with van der Waals surface area (Å²) >= 11 is 0. The second-order valence-electron chi connectivity index (χ2n) is 8.46. The SMILES string of the molecule is O=C1Cc2ccccc2CN1C1CCN(C(c2ccccc2)c2ccccc2)CC1. The number of likely N-dealkylation sites (tertiary alicyclic amines) is 1. The number of benzene rings is 3. The molecule has 5 rings (SSSR count). The van der Waals surface area contributed by atoms with Gasteiger partial charge in [-0.2, -0.15) is 0 Å². The third kappa shape index (κ3) is 3.78. The van der Waals surface area contributed by atoms with Crippen molar-refractivity contribution in [1.82, 2.24) is 9.80 Å². The molecule has 1 fully saturated rings. The van der Waals surface area contributed by atoms with Crippen molar-refractivity contribution < 1.29 is 4.79 Å². The van der Waals surface area contributed by atoms with E-state index in [1.165, 1.54) is 22.3 Å². The van der Waals surface area contributed by atoms with Crippen LogP contribution in [0.1, 0.15) is 41.1 Å². The molecule has 0 unspecified atom stereocenters. The summed E-state index contributed by atoms with van der Waals surface area (Å²) in [6.45, 7) is 2.77. The first-order chi connectivity index (χ1) is 14.8. The van der Waals surface area contributed by atoms with E-state index in [1.807, 2.05) is 6.07 Å². The fraction of sp³-hybridized carbons (Fsp3) is 0.296. The third-order valence-corrected chi connectivity index (χ3v) is 6.66. The van der Waals surface area contributed by atoms with Gasteiger partial charge in [0.25, 0.3) is 0 Å². The second kappa shape index (κ2) is 8.45. The lowest BCUT2D eigenvalue weighted by Gasteiger charge is -2.43. The molecule has 0 aromatic heterocycles. The first-order valence-electron chi connectivity index (χ1n) is 11.0. The molecule has 152 valence electrons. The zero-order valence-electron chi connectivity index (χ0n) is 17.3. The van der Waals surface area contributed by atoms with Gasteiger partial charge in [-0.15, -0.1) is 0 Å². The molecule has 3 aromatic carbocycles. The molecule has 0 bridgehead atoms. The van der Waals surface area contributed by atoms with E-state index in [1.54, 1.807) is 0 Å². The van der Waals surface area contributed by atoms with Gasteiger partial charge >= 0.3 is 0 Å². The lowest BCUT2D eigenvalue weighted by Crippen LogP contribution is -2.49. The van der Waals surface area contributed by atoms with Crippen LogP contribution in [0.5, 0.6) is 0 Å². The first kappa shape index (κ1) is 19.1. The molecule has 3 aromatic rings. The molecule has 0 atom stereocenters. The van der Waals surface area contributed by atoms with Gasteiger partial charge in [0.05, 0.1) is 12.5 Å². The van der Waals surface area contributed by atoms with Crippen LogP contribution in [-0.2, 0) is 17.8 Å². The minimum absolute atomic E-state index is 0.270. The van der Waals surface area contributed by atoms with Crippen molar-refractivity contribution >= 4 is 5.91 Å². The average molecular weight is 397 g/mol. The lowest BCUT2D eigenvalue weighted by molar-refractivity contribution is -0.135. The highest BCUT2D eigenvalue weighted by Gasteiger charge is 2.33. The predicted molar refractivity (Wildman–Crippen MR) is 120 cm³/mol. The van der Waals surface area contributed by atoms with E-state index in [4.69, 9.17) is 0 Å². The molecule has 2 aliphatic heterocycles. The van der Waals surface area contributed by atoms with Gasteiger partial charge in [-0.1, -0.05) is 84.9 Å². The molecule has 0 radical (unpaired) electrons. The van der Waals surface area contributed by atoms with Crippen LogP contribution >= 0.6 is 0 Å². The third-order valence-electron chi connectivity index (χ3n) is 6.66. The monoisotopic (exact) mass is 396 g/mol. The van der Waals surface area contributed by atoms with Crippen LogP contribution in [0.15, 0.2) is 84.9 Å². The second-order valence-corrected chi connectivity index (χ2v) is 8.46. The van der Waals surface area contributed by atoms with Gasteiger partial charge < -0.3 is 4.90 Å². The van der Waals surface area contributed by atoms with Gasteiger partial charge in [0, 0.05) is 25.7 Å². The highest BCUT2D eigenvalue weighted by molar-refractivity contribution is 5.81. The zero-order chi connectivity index (χ0) is 20.3. The highest BCUT2D eigenvalue weighted by Crippen LogP contribution is 2.33. The molecular formula is C27H28N2O. The van der Waals surface area contributed by atoms with Crippen LogP contribution in [0.3, 0.4) is 0 Å². The Morgan fingerprint density at radius 1 is 0.700 bits per heavy atom. The summed E-state index contributed by atoms with van der Waals surface area (Å²) in [7, 11) is 0. The molecule has 0 saturated carbocycles. The molecular weight excluding hydrogens is 368 g/mol. The fourth-order valence-electron chi connectivity index (χ4n) is 5.09. The summed E-state index contributed by atoms with van der Waals surface area (Å²) in [5.74, 6) is 0.287. The van der Waals surface area contributed by atoms with E-state index in [0.717, 1.165) is 32.5 Å². The van der Waals surface area contributed by atoms with Crippen molar-refractivity contribution in [3.63, 3.8) is 0 Å². The number of carbonyl (C=O) groups is 1. The van der Waals surface area contributed by atoms with Crippen LogP contribution in [-0.4, -0.2) is 34.8 Å². The Balaban J connectivity index is 1.33. The molecule has 2 aliphatic rings. The van der Waals surface area contributed by atoms with Crippen molar-refractivity contribution in [3.8, 4) is 0 Å². The quantitative estimate of drug-likeness (QED) is 0.631. The van der Waals surface area contributed by atoms with E-state index < -0.39 is 0 Å². The lowest BCUT2D eigenvalue weighted by atomic mass is 9.92. The number of amides is 1. The number of carbonyl (C=O) groups excluding carboxylic acids is 1. The number of hydrogen-bond donors (Lipinski definition) is 0. The highest BCUT2D eigenvalue weighted by atomic mass is 16.2. The summed E-state index contributed by atoms with van der Waals surface area (Å²) < 4.78 is 0. The zero-order valence-corrected chi connectivity index (χ0v) is 17.3. The minimum Gasteiger partial charge on any atom is -0.335 e. The molecule has 3 heteroatoms. The van der Waals surface area contributed by atoms with Crippen molar-refractivity contribution in [1.29, 1.82) is 0 Å². The Kier molecular flexibility index (Phi) is 5.37. The molecule has 0 N–H and O–H groups in total. The summed E-state index contributed by atoms with van der Waals surface area (Å²) in [4.78, 5) is 17.6. The largest absolute Gasteiger partial charge is 0.335 e. The normalized spacial score (nSPS) is 17.9. The fourth-order valence-corrected chi connectivity index (χ4v) is 5.09. The summed E-state index contributed by atoms with van der Waals surface area (Å²) in [5, 5.41) is 0. The van der Waals surface area contributed by atoms with E-state index in [9.17, 15) is 4.79 Å². The smallest absolute Gasteiger partial charge is 0.227 e. The van der Waals surface area contributed by atoms with Gasteiger partial charge in [0.1, 0.15) is 0 Å². The number of rotatable bonds is 4. The molecule has 0 spiro atoms. The van der Waals surface area contributed by atoms with Crippen LogP contribution in [0, 0.1) is 0 Å². The average Bonchev–Trinajstić information content (AvgIpc) is 2.81. The number of piperidine rings is 1. The molecule has 3 nitrogen and oxygen atoms in total. The van der Waals surface area contributed by atoms with Crippen LogP contribution in [0.2, 0.25) is 0 Å². The van der Waals surface area contributed by atoms with Gasteiger partial charge in [-0.25, -0.2) is 0 Å². The van der Waals surface area contributed by atoms with E-state index in [0.29, 0.717) is 12.5 Å². The van der Waals surface area contributed by atoms with E-state index in [-0.39, 0.29) is 11.9 Å². The van der Waals surface area contributed by atoms with Crippen LogP contribution in [0.25, 0.3) is 0 Å². The van der Waals surface area contributed by atoms with Crippen molar-refractivity contribution in [2.75, 3.05) is 13.1 Å². The Morgan fingerprint density at radius 2 is 1.23 bits per heavy atom. The molecule has 1 amide bonds. The van der Waals surface area contributed by atoms with E-state index in [2.05, 4.69) is 88.7 Å². The first-order valence-corrected chi connectivity index (χ1v) is 11.0. The Hall–Kier alpha value is -2.91. The number of hydrogen-bond acceptors (Lipinski definition) is 2. The van der Waals surface area contributed by atoms with Gasteiger partial charge in [-0.05, 0) is 35.1 Å². The maximum Gasteiger partial charge on any atom is 0.227 e. The topological polar surface area (TPSA) is 23.6 Å². The summed E-state index contributed by atoms with van der Waals surface area (Å²) in [6, 6.07) is 30.6. The van der Waals surface area contributed by atoms with Crippen molar-refractivity contribution in [3.05, 3.63) is 107 Å². The Morgan fingerprint density at radius 3 is 1.83 bits per heavy atom. The maximum atomic E-state index is 12.8. The van der Waals surface area contributed by atoms with Crippen LogP contribution < -0.4 is 0 Å². The Bertz CT molecular complexity index is 954. The van der Waals surface area contributed by atoms with Gasteiger partial charge in [-0.3, -0.25) is 9.69 Å². The molecule has 2 heterocycles. The van der Waals surface area contributed by atoms with Crippen molar-refractivity contribution in [2.24, 2.45) is 0 Å². The van der Waals surface area contributed by atoms with Gasteiger partial charge in [0.15, 0.2) is 0 Å². The molecule has 0 aliphatic carbocycles. The minimum atomic E-state index is 0.270. The Labute approximate surface area is 178 Å². The van der Waals surface area contributed by atoms with Crippen molar-refractivity contribution in [2.45, 2.75) is 37.9 Å². The summed E-state index contributed by atoms with van der Waals surface area (Å²) in [5.41, 5.74) is 5.19. The maximum absolute atomic E-state index is 12.8. The van der Waals surface area contributed by atoms with Crippen LogP contribution in [0.4, 0.5) is 0 Å². The molecule has 1 saturated heterocycles.